The van der Waals surface area contributed by atoms with Crippen molar-refractivity contribution < 1.29 is 24.0 Å². The van der Waals surface area contributed by atoms with E-state index in [1.807, 2.05) is 32.0 Å². The van der Waals surface area contributed by atoms with Crippen LogP contribution in [0.1, 0.15) is 32.6 Å². The predicted molar refractivity (Wildman–Crippen MR) is 106 cm³/mol. The van der Waals surface area contributed by atoms with Gasteiger partial charge in [0.25, 0.3) is 0 Å². The Kier molecular flexibility index (Phi) is 5.80. The first-order valence-corrected chi connectivity index (χ1v) is 9.04. The third-order valence-electron chi connectivity index (χ3n) is 4.93. The molecular weight excluding hydrogens is 358 g/mol. The first-order chi connectivity index (χ1) is 13.4. The molecule has 0 aliphatic heterocycles. The van der Waals surface area contributed by atoms with Crippen LogP contribution >= 0.6 is 0 Å². The summed E-state index contributed by atoms with van der Waals surface area (Å²) in [6.07, 6.45) is 0. The number of esters is 1. The molecule has 0 amide bonds. The zero-order valence-corrected chi connectivity index (χ0v) is 16.5. The topological polar surface area (TPSA) is 82.4 Å². The van der Waals surface area contributed by atoms with Crippen LogP contribution in [0.5, 0.6) is 5.75 Å². The first kappa shape index (κ1) is 19.6. The third-order valence-corrected chi connectivity index (χ3v) is 4.93. The molecule has 1 heterocycles. The molecule has 0 unspecified atom stereocenters. The normalized spacial score (nSPS) is 10.9. The molecule has 28 heavy (non-hydrogen) atoms. The summed E-state index contributed by atoms with van der Waals surface area (Å²) in [6.45, 7) is 5.21. The highest BCUT2D eigenvalue weighted by atomic mass is 16.5. The van der Waals surface area contributed by atoms with Gasteiger partial charge in [-0.15, -0.1) is 0 Å². The Morgan fingerprint density at radius 2 is 1.86 bits per heavy atom. The van der Waals surface area contributed by atoms with Gasteiger partial charge in [-0.25, -0.2) is 9.59 Å². The van der Waals surface area contributed by atoms with E-state index in [-0.39, 0.29) is 5.63 Å². The molecule has 0 fully saturated rings. The Hall–Kier alpha value is -3.12. The highest BCUT2D eigenvalue weighted by Crippen LogP contribution is 2.23. The Balaban J connectivity index is 1.82. The lowest BCUT2D eigenvalue weighted by molar-refractivity contribution is -0.686. The van der Waals surface area contributed by atoms with E-state index < -0.39 is 5.97 Å². The maximum absolute atomic E-state index is 12.0. The maximum Gasteiger partial charge on any atom is 0.341 e. The molecule has 0 spiro atoms. The molecule has 6 nitrogen and oxygen atoms in total. The largest absolute Gasteiger partial charge is 0.496 e. The Morgan fingerprint density at radius 3 is 2.57 bits per heavy atom. The molecular formula is C22H24NO5+. The highest BCUT2D eigenvalue weighted by Gasteiger charge is 2.15. The molecule has 1 aromatic heterocycles. The number of carbonyl (C=O) groups excluding carboxylic acids is 1. The van der Waals surface area contributed by atoms with E-state index >= 15 is 0 Å². The molecule has 0 radical (unpaired) electrons. The molecule has 146 valence electrons. The number of carbonyl (C=O) groups is 1. The van der Waals surface area contributed by atoms with Crippen LogP contribution in [-0.4, -0.2) is 20.2 Å². The van der Waals surface area contributed by atoms with Crippen molar-refractivity contribution in [1.29, 1.82) is 0 Å². The molecule has 3 rings (SSSR count). The van der Waals surface area contributed by atoms with E-state index in [0.717, 1.165) is 27.6 Å². The zero-order chi connectivity index (χ0) is 20.3. The van der Waals surface area contributed by atoms with Crippen LogP contribution in [-0.2, 0) is 17.8 Å². The van der Waals surface area contributed by atoms with Crippen LogP contribution < -0.4 is 15.7 Å². The fourth-order valence-electron chi connectivity index (χ4n) is 3.24. The van der Waals surface area contributed by atoms with Gasteiger partial charge in [0, 0.05) is 22.6 Å². The van der Waals surface area contributed by atoms with Crippen molar-refractivity contribution >= 4 is 16.9 Å². The number of ether oxygens (including phenoxy) is 2. The van der Waals surface area contributed by atoms with Crippen molar-refractivity contribution in [2.45, 2.75) is 26.9 Å². The maximum atomic E-state index is 12.0. The van der Waals surface area contributed by atoms with Crippen LogP contribution in [0.2, 0.25) is 0 Å². The molecule has 0 aliphatic rings. The molecule has 0 bridgehead atoms. The van der Waals surface area contributed by atoms with Crippen LogP contribution in [0.15, 0.2) is 45.6 Å². The lowest BCUT2D eigenvalue weighted by Gasteiger charge is -2.10. The number of rotatable bonds is 6. The average Bonchev–Trinajstić information content (AvgIpc) is 2.70. The number of hydrogen-bond donors (Lipinski definition) is 1. The van der Waals surface area contributed by atoms with Gasteiger partial charge >= 0.3 is 11.6 Å². The van der Waals surface area contributed by atoms with Crippen molar-refractivity contribution in [3.8, 4) is 5.75 Å². The second kappa shape index (κ2) is 8.27. The predicted octanol–water partition coefficient (Wildman–Crippen LogP) is 2.47. The molecule has 6 heteroatoms. The average molecular weight is 382 g/mol. The number of quaternary nitrogens is 1. The monoisotopic (exact) mass is 382 g/mol. The summed E-state index contributed by atoms with van der Waals surface area (Å²) >= 11 is 0. The smallest absolute Gasteiger partial charge is 0.341 e. The van der Waals surface area contributed by atoms with Gasteiger partial charge in [0.05, 0.1) is 14.2 Å². The Morgan fingerprint density at radius 1 is 1.07 bits per heavy atom. The van der Waals surface area contributed by atoms with Gasteiger partial charge < -0.3 is 19.2 Å². The molecule has 0 saturated heterocycles. The van der Waals surface area contributed by atoms with E-state index in [1.54, 1.807) is 18.2 Å². The second-order valence-corrected chi connectivity index (χ2v) is 6.70. The van der Waals surface area contributed by atoms with Crippen LogP contribution in [0.25, 0.3) is 11.0 Å². The molecule has 0 saturated carbocycles. The number of methoxy groups -OCH3 is 2. The van der Waals surface area contributed by atoms with E-state index in [4.69, 9.17) is 13.9 Å². The fraction of sp³-hybridized carbons (Fsp3) is 0.273. The Labute approximate surface area is 163 Å². The summed E-state index contributed by atoms with van der Waals surface area (Å²) in [5.41, 5.74) is 4.65. The molecule has 2 aromatic carbocycles. The van der Waals surface area contributed by atoms with Gasteiger partial charge in [-0.1, -0.05) is 12.1 Å². The summed E-state index contributed by atoms with van der Waals surface area (Å²) in [5.74, 6) is 0.0457. The van der Waals surface area contributed by atoms with Gasteiger partial charge in [0.1, 0.15) is 30.0 Å². The van der Waals surface area contributed by atoms with Crippen molar-refractivity contribution in [3.05, 3.63) is 74.6 Å². The highest BCUT2D eigenvalue weighted by molar-refractivity contribution is 5.92. The second-order valence-electron chi connectivity index (χ2n) is 6.70. The summed E-state index contributed by atoms with van der Waals surface area (Å²) in [7, 11) is 2.86. The number of aryl methyl sites for hydroxylation is 2. The number of fused-ring (bicyclic) bond motifs is 1. The summed E-state index contributed by atoms with van der Waals surface area (Å²) in [4.78, 5) is 23.9. The zero-order valence-electron chi connectivity index (χ0n) is 16.5. The standard InChI is InChI=1S/C22H23NO5/c1-13-5-7-17-16(10-20(24)28-21(17)14(13)2)12-23-11-15-6-8-19(26-3)18(9-15)22(25)27-4/h5-10,23H,11-12H2,1-4H3/p+1. The quantitative estimate of drug-likeness (QED) is 0.523. The third kappa shape index (κ3) is 3.92. The van der Waals surface area contributed by atoms with Crippen molar-refractivity contribution in [1.82, 2.24) is 0 Å². The van der Waals surface area contributed by atoms with Gasteiger partial charge in [-0.2, -0.15) is 0 Å². The molecule has 2 N–H and O–H groups in total. The Bertz CT molecular complexity index is 1080. The lowest BCUT2D eigenvalue weighted by atomic mass is 10.0. The molecule has 3 aromatic rings. The minimum atomic E-state index is -0.434. The summed E-state index contributed by atoms with van der Waals surface area (Å²) in [5, 5.41) is 3.02. The van der Waals surface area contributed by atoms with Gasteiger partial charge in [0.2, 0.25) is 0 Å². The number of hydrogen-bond acceptors (Lipinski definition) is 5. The number of nitrogens with two attached hydrogens (primary N) is 1. The molecule has 0 aliphatic carbocycles. The van der Waals surface area contributed by atoms with Crippen molar-refractivity contribution in [3.63, 3.8) is 0 Å². The van der Waals surface area contributed by atoms with E-state index in [1.165, 1.54) is 14.2 Å². The summed E-state index contributed by atoms with van der Waals surface area (Å²) < 4.78 is 15.5. The van der Waals surface area contributed by atoms with Crippen LogP contribution in [0.3, 0.4) is 0 Å². The van der Waals surface area contributed by atoms with Crippen molar-refractivity contribution in [2.75, 3.05) is 14.2 Å². The summed E-state index contributed by atoms with van der Waals surface area (Å²) in [6, 6.07) is 11.0. The van der Waals surface area contributed by atoms with Crippen LogP contribution in [0.4, 0.5) is 0 Å². The van der Waals surface area contributed by atoms with Crippen molar-refractivity contribution in [2.24, 2.45) is 0 Å². The first-order valence-electron chi connectivity index (χ1n) is 9.04. The number of benzene rings is 2. The van der Waals surface area contributed by atoms with E-state index in [9.17, 15) is 9.59 Å². The molecule has 0 atom stereocenters. The minimum Gasteiger partial charge on any atom is -0.496 e. The van der Waals surface area contributed by atoms with Gasteiger partial charge in [0.15, 0.2) is 0 Å². The fourth-order valence-corrected chi connectivity index (χ4v) is 3.24. The van der Waals surface area contributed by atoms with E-state index in [0.29, 0.717) is 30.0 Å². The van der Waals surface area contributed by atoms with E-state index in [2.05, 4.69) is 5.32 Å². The lowest BCUT2D eigenvalue weighted by Crippen LogP contribution is -2.80. The van der Waals surface area contributed by atoms with Gasteiger partial charge in [-0.05, 0) is 43.2 Å². The van der Waals surface area contributed by atoms with Gasteiger partial charge in [-0.3, -0.25) is 0 Å². The van der Waals surface area contributed by atoms with Crippen LogP contribution in [0, 0.1) is 13.8 Å². The SMILES string of the molecule is COC(=O)c1cc(C[NH2+]Cc2cc(=O)oc3c(C)c(C)ccc23)ccc1OC. The minimum absolute atomic E-state index is 0.345.